The summed E-state index contributed by atoms with van der Waals surface area (Å²) in [5.41, 5.74) is 2.76. The quantitative estimate of drug-likeness (QED) is 0.858. The lowest BCUT2D eigenvalue weighted by Crippen LogP contribution is -2.11. The molecule has 0 spiro atoms. The first-order chi connectivity index (χ1) is 10.0. The number of aromatic carboxylic acids is 1. The molecule has 1 aliphatic carbocycles. The largest absolute Gasteiger partial charge is 0.477 e. The smallest absolute Gasteiger partial charge is 0.341 e. The van der Waals surface area contributed by atoms with E-state index in [-0.39, 0.29) is 5.56 Å². The van der Waals surface area contributed by atoms with E-state index >= 15 is 0 Å². The summed E-state index contributed by atoms with van der Waals surface area (Å²) in [6, 6.07) is 0. The molecule has 0 aliphatic heterocycles. The third-order valence-electron chi connectivity index (χ3n) is 4.33. The normalized spacial score (nSPS) is 16.5. The van der Waals surface area contributed by atoms with Crippen LogP contribution in [-0.2, 0) is 0 Å². The van der Waals surface area contributed by atoms with Crippen molar-refractivity contribution in [1.82, 2.24) is 14.6 Å². The third-order valence-corrected chi connectivity index (χ3v) is 4.70. The van der Waals surface area contributed by atoms with Crippen LogP contribution in [0.2, 0.25) is 5.15 Å². The van der Waals surface area contributed by atoms with Gasteiger partial charge in [0.1, 0.15) is 10.7 Å². The zero-order chi connectivity index (χ0) is 15.1. The Kier molecular flexibility index (Phi) is 3.61. The van der Waals surface area contributed by atoms with E-state index in [1.807, 2.05) is 6.92 Å². The van der Waals surface area contributed by atoms with Gasteiger partial charge in [0.2, 0.25) is 0 Å². The van der Waals surface area contributed by atoms with Crippen LogP contribution in [0.5, 0.6) is 0 Å². The van der Waals surface area contributed by atoms with Crippen molar-refractivity contribution in [3.8, 4) is 0 Å². The number of fused-ring (bicyclic) bond motifs is 1. The Morgan fingerprint density at radius 3 is 2.52 bits per heavy atom. The van der Waals surface area contributed by atoms with Crippen molar-refractivity contribution in [2.45, 2.75) is 51.9 Å². The third kappa shape index (κ3) is 2.29. The fraction of sp³-hybridized carbons (Fsp3) is 0.533. The standard InChI is InChI=1S/C15H18ClN3O2/c1-8-11(10-6-4-3-5-7-10)13(16)19-14(17-8)12(15(20)21)9(2)18-19/h10H,3-7H2,1-2H3,(H,20,21). The zero-order valence-corrected chi connectivity index (χ0v) is 12.9. The minimum absolute atomic E-state index is 0.134. The first-order valence-electron chi connectivity index (χ1n) is 7.29. The Bertz CT molecular complexity index is 718. The van der Waals surface area contributed by atoms with E-state index < -0.39 is 5.97 Å². The van der Waals surface area contributed by atoms with Gasteiger partial charge in [-0.05, 0) is 32.6 Å². The number of halogens is 1. The molecule has 0 bridgehead atoms. The van der Waals surface area contributed by atoms with Gasteiger partial charge in [0, 0.05) is 11.3 Å². The van der Waals surface area contributed by atoms with Crippen molar-refractivity contribution in [2.24, 2.45) is 0 Å². The van der Waals surface area contributed by atoms with Crippen molar-refractivity contribution < 1.29 is 9.90 Å². The molecule has 6 heteroatoms. The molecular formula is C15H18ClN3O2. The summed E-state index contributed by atoms with van der Waals surface area (Å²) in [7, 11) is 0. The van der Waals surface area contributed by atoms with Gasteiger partial charge in [0.15, 0.2) is 5.65 Å². The average molecular weight is 308 g/mol. The Labute approximate surface area is 127 Å². The Balaban J connectivity index is 2.22. The monoisotopic (exact) mass is 307 g/mol. The molecule has 3 rings (SSSR count). The second kappa shape index (κ2) is 5.30. The second-order valence-corrected chi connectivity index (χ2v) is 6.10. The lowest BCUT2D eigenvalue weighted by atomic mass is 9.84. The number of rotatable bonds is 2. The summed E-state index contributed by atoms with van der Waals surface area (Å²) >= 11 is 6.54. The number of hydrogen-bond donors (Lipinski definition) is 1. The van der Waals surface area contributed by atoms with Gasteiger partial charge in [-0.1, -0.05) is 30.9 Å². The number of carboxylic acid groups (broad SMARTS) is 1. The number of carboxylic acids is 1. The fourth-order valence-corrected chi connectivity index (χ4v) is 3.75. The summed E-state index contributed by atoms with van der Waals surface area (Å²) < 4.78 is 1.48. The van der Waals surface area contributed by atoms with Crippen LogP contribution in [0, 0.1) is 13.8 Å². The molecule has 2 aromatic heterocycles. The van der Waals surface area contributed by atoms with E-state index in [2.05, 4.69) is 10.1 Å². The minimum atomic E-state index is -1.02. The zero-order valence-electron chi connectivity index (χ0n) is 12.2. The van der Waals surface area contributed by atoms with Crippen LogP contribution < -0.4 is 0 Å². The molecule has 0 atom stereocenters. The topological polar surface area (TPSA) is 67.5 Å². The molecule has 0 unspecified atom stereocenters. The summed E-state index contributed by atoms with van der Waals surface area (Å²) in [5, 5.41) is 14.1. The van der Waals surface area contributed by atoms with Crippen molar-refractivity contribution >= 4 is 23.2 Å². The van der Waals surface area contributed by atoms with Crippen molar-refractivity contribution in [1.29, 1.82) is 0 Å². The van der Waals surface area contributed by atoms with Gasteiger partial charge < -0.3 is 5.11 Å². The average Bonchev–Trinajstić information content (AvgIpc) is 2.76. The number of nitrogens with zero attached hydrogens (tertiary/aromatic N) is 3. The van der Waals surface area contributed by atoms with Gasteiger partial charge in [0.25, 0.3) is 0 Å². The van der Waals surface area contributed by atoms with Crippen LogP contribution in [0.25, 0.3) is 5.65 Å². The summed E-state index contributed by atoms with van der Waals surface area (Å²) in [6.45, 7) is 3.58. The molecule has 0 amide bonds. The summed E-state index contributed by atoms with van der Waals surface area (Å²) in [4.78, 5) is 15.9. The molecule has 0 saturated heterocycles. The van der Waals surface area contributed by atoms with Crippen LogP contribution in [0.3, 0.4) is 0 Å². The first-order valence-corrected chi connectivity index (χ1v) is 7.67. The maximum atomic E-state index is 11.4. The molecule has 1 N–H and O–H groups in total. The van der Waals surface area contributed by atoms with E-state index in [9.17, 15) is 9.90 Å². The van der Waals surface area contributed by atoms with Gasteiger partial charge in [-0.25, -0.2) is 14.3 Å². The number of aromatic nitrogens is 3. The lowest BCUT2D eigenvalue weighted by molar-refractivity contribution is 0.0698. The van der Waals surface area contributed by atoms with E-state index in [1.54, 1.807) is 6.92 Å². The molecule has 1 fully saturated rings. The molecule has 1 saturated carbocycles. The van der Waals surface area contributed by atoms with E-state index in [0.29, 0.717) is 22.4 Å². The molecule has 21 heavy (non-hydrogen) atoms. The van der Waals surface area contributed by atoms with Gasteiger partial charge in [0.05, 0.1) is 5.69 Å². The molecular weight excluding hydrogens is 290 g/mol. The maximum absolute atomic E-state index is 11.4. The lowest BCUT2D eigenvalue weighted by Gasteiger charge is -2.24. The van der Waals surface area contributed by atoms with Crippen molar-refractivity contribution in [2.75, 3.05) is 0 Å². The first kappa shape index (κ1) is 14.3. The highest BCUT2D eigenvalue weighted by atomic mass is 35.5. The van der Waals surface area contributed by atoms with Crippen LogP contribution in [0.1, 0.15) is 65.3 Å². The van der Waals surface area contributed by atoms with Crippen LogP contribution in [-0.4, -0.2) is 25.7 Å². The highest BCUT2D eigenvalue weighted by Crippen LogP contribution is 2.38. The summed E-state index contributed by atoms with van der Waals surface area (Å²) in [6.07, 6.45) is 5.90. The molecule has 5 nitrogen and oxygen atoms in total. The highest BCUT2D eigenvalue weighted by Gasteiger charge is 2.26. The Morgan fingerprint density at radius 2 is 1.90 bits per heavy atom. The second-order valence-electron chi connectivity index (χ2n) is 5.74. The Morgan fingerprint density at radius 1 is 1.24 bits per heavy atom. The van der Waals surface area contributed by atoms with Crippen molar-refractivity contribution in [3.05, 3.63) is 27.7 Å². The maximum Gasteiger partial charge on any atom is 0.341 e. The number of aryl methyl sites for hydroxylation is 2. The fourth-order valence-electron chi connectivity index (χ4n) is 3.34. The Hall–Kier alpha value is -1.62. The summed E-state index contributed by atoms with van der Waals surface area (Å²) in [5.74, 6) is -0.614. The molecule has 2 heterocycles. The van der Waals surface area contributed by atoms with Gasteiger partial charge in [-0.2, -0.15) is 5.10 Å². The predicted molar refractivity (Wildman–Crippen MR) is 80.3 cm³/mol. The van der Waals surface area contributed by atoms with E-state index in [0.717, 1.165) is 24.1 Å². The van der Waals surface area contributed by atoms with Gasteiger partial charge in [-0.3, -0.25) is 0 Å². The van der Waals surface area contributed by atoms with Crippen LogP contribution >= 0.6 is 11.6 Å². The molecule has 0 aromatic carbocycles. The van der Waals surface area contributed by atoms with E-state index in [1.165, 1.54) is 23.8 Å². The molecule has 112 valence electrons. The van der Waals surface area contributed by atoms with Crippen molar-refractivity contribution in [3.63, 3.8) is 0 Å². The number of hydrogen-bond acceptors (Lipinski definition) is 3. The van der Waals surface area contributed by atoms with Gasteiger partial charge >= 0.3 is 5.97 Å². The van der Waals surface area contributed by atoms with E-state index in [4.69, 9.17) is 11.6 Å². The van der Waals surface area contributed by atoms with Crippen LogP contribution in [0.4, 0.5) is 0 Å². The predicted octanol–water partition coefficient (Wildman–Crippen LogP) is 3.75. The minimum Gasteiger partial charge on any atom is -0.477 e. The molecule has 0 radical (unpaired) electrons. The molecule has 2 aromatic rings. The SMILES string of the molecule is Cc1nc2c(C(=O)O)c(C)nn2c(Cl)c1C1CCCCC1. The van der Waals surface area contributed by atoms with Crippen LogP contribution in [0.15, 0.2) is 0 Å². The number of carbonyl (C=O) groups is 1. The highest BCUT2D eigenvalue weighted by molar-refractivity contribution is 6.30. The van der Waals surface area contributed by atoms with Gasteiger partial charge in [-0.15, -0.1) is 0 Å². The molecule has 1 aliphatic rings.